The Morgan fingerprint density at radius 1 is 0.842 bits per heavy atom. The van der Waals surface area contributed by atoms with Gasteiger partial charge in [0.25, 0.3) is 0 Å². The van der Waals surface area contributed by atoms with Crippen LogP contribution < -0.4 is 5.32 Å². The molecule has 0 radical (unpaired) electrons. The van der Waals surface area contributed by atoms with Crippen molar-refractivity contribution in [2.45, 2.75) is 31.3 Å². The number of hydrogen-bond acceptors (Lipinski definition) is 1. The molecule has 0 saturated carbocycles. The smallest absolute Gasteiger partial charge is 0.0409 e. The Morgan fingerprint density at radius 3 is 2.26 bits per heavy atom. The summed E-state index contributed by atoms with van der Waals surface area (Å²) in [6, 6.07) is 19.8. The average molecular weight is 272 g/mol. The number of hydrogen-bond donors (Lipinski definition) is 1. The molecule has 1 fully saturated rings. The molecule has 0 spiro atoms. The van der Waals surface area contributed by atoms with Gasteiger partial charge in [-0.25, -0.2) is 0 Å². The lowest BCUT2D eigenvalue weighted by molar-refractivity contribution is 0.330. The minimum Gasteiger partial charge on any atom is -0.303 e. The molecule has 1 heterocycles. The molecule has 1 saturated heterocycles. The van der Waals surface area contributed by atoms with Gasteiger partial charge in [-0.05, 0) is 42.5 Å². The van der Waals surface area contributed by atoms with Crippen LogP contribution in [0.4, 0.5) is 0 Å². The van der Waals surface area contributed by atoms with Crippen LogP contribution in [-0.2, 0) is 0 Å². The minimum absolute atomic E-state index is 0.414. The van der Waals surface area contributed by atoms with Gasteiger partial charge in [-0.3, -0.25) is 0 Å². The van der Waals surface area contributed by atoms with Gasteiger partial charge >= 0.3 is 0 Å². The van der Waals surface area contributed by atoms with Crippen molar-refractivity contribution < 1.29 is 0 Å². The summed E-state index contributed by atoms with van der Waals surface area (Å²) in [5.74, 6) is 0. The Bertz CT molecular complexity index is 538. The SMILES string of the molecule is Clc1cccc([C@@H]2CCC[C@H](c3ccccc3)N2)c1. The molecule has 0 aliphatic carbocycles. The Hall–Kier alpha value is -1.31. The van der Waals surface area contributed by atoms with E-state index in [4.69, 9.17) is 11.6 Å². The number of nitrogens with one attached hydrogen (secondary N) is 1. The van der Waals surface area contributed by atoms with Crippen LogP contribution in [0.3, 0.4) is 0 Å². The van der Waals surface area contributed by atoms with Crippen molar-refractivity contribution in [2.24, 2.45) is 0 Å². The zero-order chi connectivity index (χ0) is 13.1. The lowest BCUT2D eigenvalue weighted by Gasteiger charge is -2.31. The molecule has 0 amide bonds. The van der Waals surface area contributed by atoms with Crippen molar-refractivity contribution in [3.8, 4) is 0 Å². The van der Waals surface area contributed by atoms with E-state index in [1.165, 1.54) is 30.4 Å². The molecule has 1 aliphatic rings. The molecule has 2 atom stereocenters. The van der Waals surface area contributed by atoms with Gasteiger partial charge in [-0.15, -0.1) is 0 Å². The lowest BCUT2D eigenvalue weighted by Crippen LogP contribution is -2.30. The van der Waals surface area contributed by atoms with Gasteiger partial charge in [-0.2, -0.15) is 0 Å². The molecule has 2 aromatic carbocycles. The summed E-state index contributed by atoms with van der Waals surface area (Å²) in [6.45, 7) is 0. The molecular formula is C17H18ClN. The zero-order valence-corrected chi connectivity index (χ0v) is 11.6. The first-order chi connectivity index (χ1) is 9.33. The molecule has 0 aromatic heterocycles. The van der Waals surface area contributed by atoms with Crippen molar-refractivity contribution in [3.63, 3.8) is 0 Å². The van der Waals surface area contributed by atoms with E-state index in [1.807, 2.05) is 12.1 Å². The van der Waals surface area contributed by atoms with Gasteiger partial charge in [0, 0.05) is 17.1 Å². The fourth-order valence-electron chi connectivity index (χ4n) is 2.87. The van der Waals surface area contributed by atoms with Gasteiger partial charge in [0.15, 0.2) is 0 Å². The second-order valence-electron chi connectivity index (χ2n) is 5.17. The summed E-state index contributed by atoms with van der Waals surface area (Å²) in [5.41, 5.74) is 2.68. The summed E-state index contributed by atoms with van der Waals surface area (Å²) in [7, 11) is 0. The highest BCUT2D eigenvalue weighted by atomic mass is 35.5. The molecule has 98 valence electrons. The molecule has 1 aliphatic heterocycles. The normalized spacial score (nSPS) is 23.2. The maximum absolute atomic E-state index is 6.09. The maximum Gasteiger partial charge on any atom is 0.0409 e. The molecule has 2 heteroatoms. The molecule has 1 nitrogen and oxygen atoms in total. The third-order valence-electron chi connectivity index (χ3n) is 3.84. The summed E-state index contributed by atoms with van der Waals surface area (Å²) in [4.78, 5) is 0. The third-order valence-corrected chi connectivity index (χ3v) is 4.08. The van der Waals surface area contributed by atoms with Crippen LogP contribution in [0.15, 0.2) is 54.6 Å². The fourth-order valence-corrected chi connectivity index (χ4v) is 3.07. The predicted molar refractivity (Wildman–Crippen MR) is 80.4 cm³/mol. The number of benzene rings is 2. The van der Waals surface area contributed by atoms with E-state index in [2.05, 4.69) is 47.8 Å². The topological polar surface area (TPSA) is 12.0 Å². The highest BCUT2D eigenvalue weighted by Crippen LogP contribution is 2.33. The summed E-state index contributed by atoms with van der Waals surface area (Å²) < 4.78 is 0. The highest BCUT2D eigenvalue weighted by molar-refractivity contribution is 6.30. The van der Waals surface area contributed by atoms with Crippen LogP contribution in [0.1, 0.15) is 42.5 Å². The van der Waals surface area contributed by atoms with E-state index >= 15 is 0 Å². The Balaban J connectivity index is 1.78. The number of piperidine rings is 1. The molecule has 0 bridgehead atoms. The molecule has 1 N–H and O–H groups in total. The second kappa shape index (κ2) is 5.77. The second-order valence-corrected chi connectivity index (χ2v) is 5.60. The molecular weight excluding hydrogens is 254 g/mol. The van der Waals surface area contributed by atoms with Gasteiger partial charge in [0.1, 0.15) is 0 Å². The molecule has 19 heavy (non-hydrogen) atoms. The summed E-state index contributed by atoms with van der Waals surface area (Å²) >= 11 is 6.09. The monoisotopic (exact) mass is 271 g/mol. The molecule has 0 unspecified atom stereocenters. The van der Waals surface area contributed by atoms with E-state index < -0.39 is 0 Å². The van der Waals surface area contributed by atoms with Crippen LogP contribution in [0, 0.1) is 0 Å². The van der Waals surface area contributed by atoms with Crippen LogP contribution in [0.25, 0.3) is 0 Å². The van der Waals surface area contributed by atoms with Gasteiger partial charge in [0.2, 0.25) is 0 Å². The molecule has 3 rings (SSSR count). The van der Waals surface area contributed by atoms with Crippen molar-refractivity contribution in [3.05, 3.63) is 70.7 Å². The first kappa shape index (κ1) is 12.7. The zero-order valence-electron chi connectivity index (χ0n) is 10.9. The Morgan fingerprint density at radius 2 is 1.53 bits per heavy atom. The van der Waals surface area contributed by atoms with Crippen molar-refractivity contribution in [2.75, 3.05) is 0 Å². The van der Waals surface area contributed by atoms with E-state index in [0.29, 0.717) is 12.1 Å². The fraction of sp³-hybridized carbons (Fsp3) is 0.294. The predicted octanol–water partition coefficient (Wildman–Crippen LogP) is 4.90. The average Bonchev–Trinajstić information content (AvgIpc) is 2.48. The van der Waals surface area contributed by atoms with Crippen LogP contribution in [-0.4, -0.2) is 0 Å². The Labute approximate surface area is 119 Å². The Kier molecular flexibility index (Phi) is 3.86. The quantitative estimate of drug-likeness (QED) is 0.819. The third kappa shape index (κ3) is 2.99. The van der Waals surface area contributed by atoms with Gasteiger partial charge in [0.05, 0.1) is 0 Å². The van der Waals surface area contributed by atoms with Crippen LogP contribution in [0.2, 0.25) is 5.02 Å². The van der Waals surface area contributed by atoms with Crippen LogP contribution in [0.5, 0.6) is 0 Å². The standard InChI is InChI=1S/C17H18ClN/c18-15-9-4-8-14(12-15)17-11-5-10-16(19-17)13-6-2-1-3-7-13/h1-4,6-9,12,16-17,19H,5,10-11H2/t16-,17+/m1/s1. The van der Waals surface area contributed by atoms with Gasteiger partial charge in [-0.1, -0.05) is 54.1 Å². The van der Waals surface area contributed by atoms with E-state index in [1.54, 1.807) is 0 Å². The maximum atomic E-state index is 6.09. The van der Waals surface area contributed by atoms with E-state index in [9.17, 15) is 0 Å². The number of halogens is 1. The van der Waals surface area contributed by atoms with E-state index in [0.717, 1.165) is 5.02 Å². The minimum atomic E-state index is 0.414. The van der Waals surface area contributed by atoms with Crippen molar-refractivity contribution in [1.29, 1.82) is 0 Å². The number of rotatable bonds is 2. The first-order valence-electron chi connectivity index (χ1n) is 6.89. The lowest BCUT2D eigenvalue weighted by atomic mass is 9.90. The highest BCUT2D eigenvalue weighted by Gasteiger charge is 2.23. The largest absolute Gasteiger partial charge is 0.303 e. The summed E-state index contributed by atoms with van der Waals surface area (Å²) in [5, 5.41) is 4.58. The van der Waals surface area contributed by atoms with Crippen molar-refractivity contribution in [1.82, 2.24) is 5.32 Å². The van der Waals surface area contributed by atoms with Crippen molar-refractivity contribution >= 4 is 11.6 Å². The first-order valence-corrected chi connectivity index (χ1v) is 7.27. The van der Waals surface area contributed by atoms with Crippen LogP contribution >= 0.6 is 11.6 Å². The summed E-state index contributed by atoms with van der Waals surface area (Å²) in [6.07, 6.45) is 3.65. The van der Waals surface area contributed by atoms with E-state index in [-0.39, 0.29) is 0 Å². The van der Waals surface area contributed by atoms with Gasteiger partial charge < -0.3 is 5.32 Å². The molecule has 2 aromatic rings.